The first kappa shape index (κ1) is 23.1. The number of hydroxylamine groups is 2. The van der Waals surface area contributed by atoms with E-state index in [1.54, 1.807) is 20.3 Å². The zero-order valence-corrected chi connectivity index (χ0v) is 18.8. The molecule has 8 nitrogen and oxygen atoms in total. The van der Waals surface area contributed by atoms with Crippen LogP contribution < -0.4 is 9.47 Å². The summed E-state index contributed by atoms with van der Waals surface area (Å²) in [5, 5.41) is 1.42. The van der Waals surface area contributed by atoms with Crippen LogP contribution in [0.25, 0.3) is 0 Å². The van der Waals surface area contributed by atoms with Gasteiger partial charge in [-0.3, -0.25) is 19.3 Å². The third-order valence-corrected chi connectivity index (χ3v) is 6.44. The molecule has 0 aromatic heterocycles. The maximum absolute atomic E-state index is 12.7. The van der Waals surface area contributed by atoms with Gasteiger partial charge in [-0.15, -0.1) is 6.58 Å². The predicted molar refractivity (Wildman–Crippen MR) is 115 cm³/mol. The SMILES string of the molecule is C=CCON1C(=O)CC(C(=O)OC)C12CCN(Cc1ccc(OC)c(C)c1OC)CC2. The van der Waals surface area contributed by atoms with Gasteiger partial charge in [0, 0.05) is 37.2 Å². The molecule has 1 aromatic carbocycles. The van der Waals surface area contributed by atoms with Crippen LogP contribution in [0.3, 0.4) is 0 Å². The minimum Gasteiger partial charge on any atom is -0.496 e. The van der Waals surface area contributed by atoms with Crippen LogP contribution in [-0.2, 0) is 25.7 Å². The van der Waals surface area contributed by atoms with E-state index in [4.69, 9.17) is 19.0 Å². The number of amides is 1. The Labute approximate surface area is 183 Å². The molecule has 1 spiro atoms. The van der Waals surface area contributed by atoms with E-state index in [1.165, 1.54) is 12.2 Å². The van der Waals surface area contributed by atoms with E-state index in [0.29, 0.717) is 32.5 Å². The first-order chi connectivity index (χ1) is 14.9. The highest BCUT2D eigenvalue weighted by Gasteiger charge is 2.58. The molecule has 1 amide bonds. The van der Waals surface area contributed by atoms with Gasteiger partial charge in [0.25, 0.3) is 0 Å². The summed E-state index contributed by atoms with van der Waals surface area (Å²) in [7, 11) is 4.67. The molecule has 3 rings (SSSR count). The number of nitrogens with zero attached hydrogens (tertiary/aromatic N) is 2. The van der Waals surface area contributed by atoms with Crippen LogP contribution in [0, 0.1) is 12.8 Å². The zero-order valence-electron chi connectivity index (χ0n) is 18.8. The number of ether oxygens (including phenoxy) is 3. The number of piperidine rings is 1. The fourth-order valence-corrected chi connectivity index (χ4v) is 4.86. The standard InChI is InChI=1S/C23H32N2O6/c1-6-13-31-25-20(26)14-18(22(27)30-5)23(25)9-11-24(12-10-23)15-17-7-8-19(28-3)16(2)21(17)29-4/h6-8,18H,1,9-15H2,2-5H3. The Morgan fingerprint density at radius 3 is 2.52 bits per heavy atom. The van der Waals surface area contributed by atoms with E-state index in [1.807, 2.05) is 19.1 Å². The number of methoxy groups -OCH3 is 3. The molecule has 31 heavy (non-hydrogen) atoms. The van der Waals surface area contributed by atoms with Crippen molar-refractivity contribution < 1.29 is 28.6 Å². The topological polar surface area (TPSA) is 77.5 Å². The van der Waals surface area contributed by atoms with Gasteiger partial charge in [0.1, 0.15) is 11.5 Å². The summed E-state index contributed by atoms with van der Waals surface area (Å²) < 4.78 is 16.1. The van der Waals surface area contributed by atoms with Crippen LogP contribution in [0.2, 0.25) is 0 Å². The molecule has 2 aliphatic heterocycles. The first-order valence-electron chi connectivity index (χ1n) is 10.5. The van der Waals surface area contributed by atoms with Crippen molar-refractivity contribution in [3.63, 3.8) is 0 Å². The maximum atomic E-state index is 12.7. The third-order valence-electron chi connectivity index (χ3n) is 6.44. The van der Waals surface area contributed by atoms with E-state index in [9.17, 15) is 9.59 Å². The Bertz CT molecular complexity index is 832. The molecule has 0 aliphatic carbocycles. The molecular weight excluding hydrogens is 400 g/mol. The molecule has 2 aliphatic rings. The molecule has 1 aromatic rings. The summed E-state index contributed by atoms with van der Waals surface area (Å²) in [5.74, 6) is 0.532. The van der Waals surface area contributed by atoms with Gasteiger partial charge < -0.3 is 14.2 Å². The second-order valence-corrected chi connectivity index (χ2v) is 8.02. The number of hydrogen-bond acceptors (Lipinski definition) is 7. The Balaban J connectivity index is 1.78. The molecule has 0 N–H and O–H groups in total. The van der Waals surface area contributed by atoms with Gasteiger partial charge in [0.15, 0.2) is 0 Å². The highest BCUT2D eigenvalue weighted by atomic mass is 16.7. The zero-order chi connectivity index (χ0) is 22.6. The van der Waals surface area contributed by atoms with Crippen molar-refractivity contribution in [3.05, 3.63) is 35.9 Å². The monoisotopic (exact) mass is 432 g/mol. The largest absolute Gasteiger partial charge is 0.496 e. The fourth-order valence-electron chi connectivity index (χ4n) is 4.86. The van der Waals surface area contributed by atoms with Crippen molar-refractivity contribution in [2.75, 3.05) is 41.0 Å². The van der Waals surface area contributed by atoms with Crippen molar-refractivity contribution in [2.45, 2.75) is 38.3 Å². The molecule has 0 bridgehead atoms. The van der Waals surface area contributed by atoms with Crippen LogP contribution in [0.15, 0.2) is 24.8 Å². The van der Waals surface area contributed by atoms with Gasteiger partial charge in [0.05, 0.1) is 39.4 Å². The molecule has 1 atom stereocenters. The summed E-state index contributed by atoms with van der Waals surface area (Å²) in [6, 6.07) is 3.97. The van der Waals surface area contributed by atoms with Crippen LogP contribution >= 0.6 is 0 Å². The van der Waals surface area contributed by atoms with Crippen molar-refractivity contribution in [1.29, 1.82) is 0 Å². The van der Waals surface area contributed by atoms with E-state index >= 15 is 0 Å². The average Bonchev–Trinajstić information content (AvgIpc) is 3.04. The second-order valence-electron chi connectivity index (χ2n) is 8.02. The minimum absolute atomic E-state index is 0.106. The van der Waals surface area contributed by atoms with Gasteiger partial charge >= 0.3 is 5.97 Å². The lowest BCUT2D eigenvalue weighted by atomic mass is 9.77. The molecule has 0 saturated carbocycles. The van der Waals surface area contributed by atoms with E-state index in [2.05, 4.69) is 11.5 Å². The van der Waals surface area contributed by atoms with Gasteiger partial charge in [-0.1, -0.05) is 12.1 Å². The Kier molecular flexibility index (Phi) is 7.23. The molecule has 2 heterocycles. The molecular formula is C23H32N2O6. The van der Waals surface area contributed by atoms with Crippen LogP contribution in [-0.4, -0.2) is 68.4 Å². The number of likely N-dealkylation sites (tertiary alicyclic amines) is 1. The smallest absolute Gasteiger partial charge is 0.311 e. The minimum atomic E-state index is -0.691. The highest BCUT2D eigenvalue weighted by molar-refractivity contribution is 5.88. The Morgan fingerprint density at radius 2 is 1.94 bits per heavy atom. The summed E-state index contributed by atoms with van der Waals surface area (Å²) in [6.45, 7) is 7.98. The summed E-state index contributed by atoms with van der Waals surface area (Å²) in [6.07, 6.45) is 2.94. The van der Waals surface area contributed by atoms with Crippen LogP contribution in [0.4, 0.5) is 0 Å². The molecule has 2 fully saturated rings. The summed E-state index contributed by atoms with van der Waals surface area (Å²) >= 11 is 0. The summed E-state index contributed by atoms with van der Waals surface area (Å²) in [5.41, 5.74) is 1.35. The lowest BCUT2D eigenvalue weighted by Crippen LogP contribution is -2.57. The quantitative estimate of drug-likeness (QED) is 0.461. The second kappa shape index (κ2) is 9.70. The van der Waals surface area contributed by atoms with E-state index in [0.717, 1.165) is 22.6 Å². The highest BCUT2D eigenvalue weighted by Crippen LogP contribution is 2.45. The first-order valence-corrected chi connectivity index (χ1v) is 10.5. The van der Waals surface area contributed by atoms with Gasteiger partial charge in [-0.25, -0.2) is 5.06 Å². The van der Waals surface area contributed by atoms with Crippen LogP contribution in [0.5, 0.6) is 11.5 Å². The number of carbonyl (C=O) groups excluding carboxylic acids is 2. The van der Waals surface area contributed by atoms with E-state index < -0.39 is 11.5 Å². The van der Waals surface area contributed by atoms with Crippen molar-refractivity contribution >= 4 is 11.9 Å². The van der Waals surface area contributed by atoms with Crippen molar-refractivity contribution in [2.24, 2.45) is 5.92 Å². The normalized spacial score (nSPS) is 20.7. The predicted octanol–water partition coefficient (Wildman–Crippen LogP) is 2.49. The van der Waals surface area contributed by atoms with Gasteiger partial charge in [-0.05, 0) is 25.8 Å². The molecule has 0 radical (unpaired) electrons. The number of rotatable bonds is 8. The maximum Gasteiger partial charge on any atom is 0.311 e. The number of benzene rings is 1. The number of hydrogen-bond donors (Lipinski definition) is 0. The Hall–Kier alpha value is -2.58. The fraction of sp³-hybridized carbons (Fsp3) is 0.565. The average molecular weight is 433 g/mol. The molecule has 1 unspecified atom stereocenters. The lowest BCUT2D eigenvalue weighted by molar-refractivity contribution is -0.218. The third kappa shape index (κ3) is 4.27. The molecule has 8 heteroatoms. The molecule has 2 saturated heterocycles. The lowest BCUT2D eigenvalue weighted by Gasteiger charge is -2.45. The Morgan fingerprint density at radius 1 is 1.23 bits per heavy atom. The van der Waals surface area contributed by atoms with Crippen LogP contribution in [0.1, 0.15) is 30.4 Å². The molecule has 170 valence electrons. The van der Waals surface area contributed by atoms with Gasteiger partial charge in [-0.2, -0.15) is 0 Å². The van der Waals surface area contributed by atoms with Crippen molar-refractivity contribution in [3.8, 4) is 11.5 Å². The number of carbonyl (C=O) groups is 2. The van der Waals surface area contributed by atoms with Crippen molar-refractivity contribution in [1.82, 2.24) is 9.96 Å². The van der Waals surface area contributed by atoms with Gasteiger partial charge in [0.2, 0.25) is 5.91 Å². The summed E-state index contributed by atoms with van der Waals surface area (Å²) in [4.78, 5) is 33.2. The number of esters is 1. The van der Waals surface area contributed by atoms with E-state index in [-0.39, 0.29) is 24.9 Å².